The lowest BCUT2D eigenvalue weighted by Gasteiger charge is -2.18. The van der Waals surface area contributed by atoms with E-state index in [1.807, 2.05) is 12.1 Å². The number of alkyl halides is 3. The Balaban J connectivity index is 1.71. The SMILES string of the molecule is Cc1ccc(C(Sc2ccc3c(ccn3CC(=O)O)c2)c2cn[nH]n2)cc1C(F)(F)F. The number of thioether (sulfide) groups is 1. The van der Waals surface area contributed by atoms with E-state index in [0.717, 1.165) is 21.9 Å². The fourth-order valence-corrected chi connectivity index (χ4v) is 4.55. The number of aromatic amines is 1. The predicted octanol–water partition coefficient (Wildman–Crippen LogP) is 5.05. The zero-order valence-corrected chi connectivity index (χ0v) is 17.0. The first-order valence-corrected chi connectivity index (χ1v) is 10.1. The first-order valence-electron chi connectivity index (χ1n) is 9.23. The topological polar surface area (TPSA) is 83.8 Å². The third-order valence-corrected chi connectivity index (χ3v) is 6.15. The number of aromatic nitrogens is 4. The Hall–Kier alpha value is -3.27. The minimum Gasteiger partial charge on any atom is -0.480 e. The summed E-state index contributed by atoms with van der Waals surface area (Å²) in [5.74, 6) is -0.943. The Kier molecular flexibility index (Phi) is 5.48. The van der Waals surface area contributed by atoms with Gasteiger partial charge < -0.3 is 9.67 Å². The van der Waals surface area contributed by atoms with Crippen LogP contribution in [0.4, 0.5) is 13.2 Å². The van der Waals surface area contributed by atoms with Gasteiger partial charge in [-0.15, -0.1) is 11.8 Å². The number of carboxylic acid groups (broad SMARTS) is 1. The number of fused-ring (bicyclic) bond motifs is 1. The molecule has 0 aliphatic heterocycles. The molecule has 160 valence electrons. The second-order valence-corrected chi connectivity index (χ2v) is 8.20. The summed E-state index contributed by atoms with van der Waals surface area (Å²) in [7, 11) is 0. The van der Waals surface area contributed by atoms with Crippen LogP contribution in [-0.2, 0) is 17.5 Å². The largest absolute Gasteiger partial charge is 0.480 e. The van der Waals surface area contributed by atoms with E-state index in [9.17, 15) is 18.0 Å². The zero-order chi connectivity index (χ0) is 22.2. The van der Waals surface area contributed by atoms with Crippen molar-refractivity contribution in [1.29, 1.82) is 0 Å². The molecule has 0 amide bonds. The number of rotatable bonds is 6. The third-order valence-electron chi connectivity index (χ3n) is 4.87. The predicted molar refractivity (Wildman–Crippen MR) is 110 cm³/mol. The number of H-pyrrole nitrogens is 1. The van der Waals surface area contributed by atoms with Gasteiger partial charge in [0.1, 0.15) is 12.2 Å². The molecule has 2 heterocycles. The van der Waals surface area contributed by atoms with E-state index in [1.54, 1.807) is 29.0 Å². The van der Waals surface area contributed by atoms with Gasteiger partial charge in [0.2, 0.25) is 0 Å². The second-order valence-electron chi connectivity index (χ2n) is 7.02. The summed E-state index contributed by atoms with van der Waals surface area (Å²) >= 11 is 1.35. The van der Waals surface area contributed by atoms with Crippen LogP contribution in [0, 0.1) is 6.92 Å². The Labute approximate surface area is 179 Å². The number of aliphatic carboxylic acids is 1. The molecule has 1 atom stereocenters. The molecule has 0 radical (unpaired) electrons. The van der Waals surface area contributed by atoms with Gasteiger partial charge in [0.25, 0.3) is 0 Å². The van der Waals surface area contributed by atoms with E-state index in [1.165, 1.54) is 30.9 Å². The molecule has 10 heteroatoms. The van der Waals surface area contributed by atoms with Gasteiger partial charge in [-0.2, -0.15) is 28.6 Å². The number of carboxylic acids is 1. The van der Waals surface area contributed by atoms with Gasteiger partial charge in [-0.25, -0.2) is 0 Å². The van der Waals surface area contributed by atoms with Crippen LogP contribution in [0.5, 0.6) is 0 Å². The monoisotopic (exact) mass is 446 g/mol. The Morgan fingerprint density at radius 2 is 2.03 bits per heavy atom. The summed E-state index contributed by atoms with van der Waals surface area (Å²) in [6.45, 7) is 1.28. The molecular weight excluding hydrogens is 429 g/mol. The van der Waals surface area contributed by atoms with Crippen molar-refractivity contribution >= 4 is 28.6 Å². The van der Waals surface area contributed by atoms with E-state index in [4.69, 9.17) is 5.11 Å². The standard InChI is InChI=1S/C21H17F3N4O2S/c1-12-2-3-14(9-16(12)21(22,23)24)20(17-10-25-27-26-17)31-15-4-5-18-13(8-15)6-7-28(18)11-19(29)30/h2-10,20H,11H2,1H3,(H,29,30)(H,25,26,27). The number of benzene rings is 2. The summed E-state index contributed by atoms with van der Waals surface area (Å²) in [5.41, 5.74) is 1.20. The summed E-state index contributed by atoms with van der Waals surface area (Å²) in [6, 6.07) is 11.6. The number of halogens is 3. The van der Waals surface area contributed by atoms with Crippen molar-refractivity contribution in [3.63, 3.8) is 0 Å². The molecule has 2 aromatic carbocycles. The van der Waals surface area contributed by atoms with Gasteiger partial charge >= 0.3 is 12.1 Å². The number of hydrogen-bond donors (Lipinski definition) is 2. The number of hydrogen-bond acceptors (Lipinski definition) is 4. The molecule has 31 heavy (non-hydrogen) atoms. The third kappa shape index (κ3) is 4.43. The smallest absolute Gasteiger partial charge is 0.416 e. The van der Waals surface area contributed by atoms with Crippen LogP contribution >= 0.6 is 11.8 Å². The quantitative estimate of drug-likeness (QED) is 0.405. The highest BCUT2D eigenvalue weighted by Gasteiger charge is 2.33. The molecule has 2 N–H and O–H groups in total. The Bertz CT molecular complexity index is 1240. The van der Waals surface area contributed by atoms with Gasteiger partial charge in [-0.3, -0.25) is 4.79 Å². The maximum Gasteiger partial charge on any atom is 0.416 e. The molecule has 0 saturated carbocycles. The highest BCUT2D eigenvalue weighted by atomic mass is 32.2. The van der Waals surface area contributed by atoms with Crippen molar-refractivity contribution in [1.82, 2.24) is 20.0 Å². The van der Waals surface area contributed by atoms with Gasteiger partial charge in [0.05, 0.1) is 17.0 Å². The molecule has 0 aliphatic rings. The van der Waals surface area contributed by atoms with Gasteiger partial charge in [0, 0.05) is 22.0 Å². The lowest BCUT2D eigenvalue weighted by molar-refractivity contribution is -0.138. The fraction of sp³-hybridized carbons (Fsp3) is 0.190. The van der Waals surface area contributed by atoms with Crippen LogP contribution in [-0.4, -0.2) is 31.1 Å². The number of nitrogens with one attached hydrogen (secondary N) is 1. The maximum atomic E-state index is 13.4. The lowest BCUT2D eigenvalue weighted by atomic mass is 10.0. The number of aryl methyl sites for hydroxylation is 1. The highest BCUT2D eigenvalue weighted by molar-refractivity contribution is 7.99. The van der Waals surface area contributed by atoms with Gasteiger partial charge in [0.15, 0.2) is 0 Å². The van der Waals surface area contributed by atoms with Crippen LogP contribution in [0.3, 0.4) is 0 Å². The summed E-state index contributed by atoms with van der Waals surface area (Å²) < 4.78 is 42.0. The average Bonchev–Trinajstić information content (AvgIpc) is 3.36. The van der Waals surface area contributed by atoms with Crippen molar-refractivity contribution in [2.75, 3.05) is 0 Å². The summed E-state index contributed by atoms with van der Waals surface area (Å²) in [6.07, 6.45) is -1.27. The van der Waals surface area contributed by atoms with Crippen molar-refractivity contribution in [3.8, 4) is 0 Å². The van der Waals surface area contributed by atoms with E-state index >= 15 is 0 Å². The van der Waals surface area contributed by atoms with Gasteiger partial charge in [-0.05, 0) is 48.4 Å². The lowest BCUT2D eigenvalue weighted by Crippen LogP contribution is -2.09. The van der Waals surface area contributed by atoms with E-state index in [2.05, 4.69) is 15.4 Å². The molecule has 0 bridgehead atoms. The minimum absolute atomic E-state index is 0.152. The highest BCUT2D eigenvalue weighted by Crippen LogP contribution is 2.42. The normalized spacial score (nSPS) is 12.9. The van der Waals surface area contributed by atoms with Crippen molar-refractivity contribution in [2.45, 2.75) is 29.8 Å². The van der Waals surface area contributed by atoms with Crippen LogP contribution in [0.2, 0.25) is 0 Å². The molecule has 0 saturated heterocycles. The molecular formula is C21H17F3N4O2S. The van der Waals surface area contributed by atoms with Crippen LogP contribution < -0.4 is 0 Å². The van der Waals surface area contributed by atoms with E-state index in [-0.39, 0.29) is 12.1 Å². The fourth-order valence-electron chi connectivity index (χ4n) is 3.42. The van der Waals surface area contributed by atoms with Crippen molar-refractivity contribution < 1.29 is 23.1 Å². The Morgan fingerprint density at radius 3 is 2.71 bits per heavy atom. The minimum atomic E-state index is -4.45. The molecule has 4 rings (SSSR count). The molecule has 2 aromatic heterocycles. The van der Waals surface area contributed by atoms with Crippen LogP contribution in [0.1, 0.15) is 27.6 Å². The maximum absolute atomic E-state index is 13.4. The van der Waals surface area contributed by atoms with E-state index in [0.29, 0.717) is 11.3 Å². The van der Waals surface area contributed by atoms with Crippen molar-refractivity contribution in [3.05, 3.63) is 77.2 Å². The number of nitrogens with zero attached hydrogens (tertiary/aromatic N) is 3. The summed E-state index contributed by atoms with van der Waals surface area (Å²) in [5, 5.41) is 19.8. The molecule has 0 aliphatic carbocycles. The van der Waals surface area contributed by atoms with E-state index < -0.39 is 23.0 Å². The van der Waals surface area contributed by atoms with Crippen LogP contribution in [0.15, 0.2) is 59.8 Å². The van der Waals surface area contributed by atoms with Gasteiger partial charge in [-0.1, -0.05) is 12.1 Å². The molecule has 1 unspecified atom stereocenters. The molecule has 0 fully saturated rings. The Morgan fingerprint density at radius 1 is 1.23 bits per heavy atom. The van der Waals surface area contributed by atoms with Crippen LogP contribution in [0.25, 0.3) is 10.9 Å². The molecule has 4 aromatic rings. The summed E-state index contributed by atoms with van der Waals surface area (Å²) in [4.78, 5) is 11.8. The average molecular weight is 446 g/mol. The molecule has 6 nitrogen and oxygen atoms in total. The first-order chi connectivity index (χ1) is 14.7. The second kappa shape index (κ2) is 8.10. The number of carbonyl (C=O) groups is 1. The first kappa shape index (κ1) is 21.0. The van der Waals surface area contributed by atoms with Crippen molar-refractivity contribution in [2.24, 2.45) is 0 Å². The molecule has 0 spiro atoms. The zero-order valence-electron chi connectivity index (χ0n) is 16.2.